The SMILES string of the molecule is CCC(C)(C)CC(C)(CC)COC(=O)NCC(CNC(=O)OCC(C)(C)CC(C)(C)C)OC. The maximum Gasteiger partial charge on any atom is 0.407 e. The molecule has 0 aliphatic rings. The third-order valence-corrected chi connectivity index (χ3v) is 6.15. The van der Waals surface area contributed by atoms with E-state index in [-0.39, 0.29) is 40.9 Å². The molecule has 0 aliphatic carbocycles. The number of ether oxygens (including phenoxy) is 3. The van der Waals surface area contributed by atoms with Crippen LogP contribution < -0.4 is 10.6 Å². The largest absolute Gasteiger partial charge is 0.449 e. The Kier molecular flexibility index (Phi) is 12.8. The van der Waals surface area contributed by atoms with E-state index in [1.807, 2.05) is 0 Å². The van der Waals surface area contributed by atoms with Crippen molar-refractivity contribution in [3.63, 3.8) is 0 Å². The molecule has 0 aliphatic heterocycles. The summed E-state index contributed by atoms with van der Waals surface area (Å²) in [4.78, 5) is 24.3. The van der Waals surface area contributed by atoms with E-state index in [1.165, 1.54) is 7.11 Å². The van der Waals surface area contributed by atoms with Crippen LogP contribution in [0.5, 0.6) is 0 Å². The Hall–Kier alpha value is -1.50. The third-order valence-electron chi connectivity index (χ3n) is 6.15. The molecule has 2 amide bonds. The molecule has 0 aromatic heterocycles. The third kappa shape index (κ3) is 15.1. The number of carbonyl (C=O) groups is 2. The Morgan fingerprint density at radius 3 is 1.61 bits per heavy atom. The number of alkyl carbamates (subject to hydrolysis) is 2. The van der Waals surface area contributed by atoms with E-state index in [2.05, 4.69) is 79.9 Å². The molecule has 196 valence electrons. The standard InChI is InChI=1S/C26H52N2O5/c1-12-24(6,7)17-26(10,13-2)19-33-22(30)28-15-20(31-11)14-27-21(29)32-18-25(8,9)16-23(3,4)5/h20H,12-19H2,1-11H3,(H,27,29)(H,28,30). The van der Waals surface area contributed by atoms with E-state index in [0.29, 0.717) is 13.2 Å². The van der Waals surface area contributed by atoms with Crippen molar-refractivity contribution in [2.24, 2.45) is 21.7 Å². The summed E-state index contributed by atoms with van der Waals surface area (Å²) >= 11 is 0. The summed E-state index contributed by atoms with van der Waals surface area (Å²) < 4.78 is 16.3. The molecule has 0 rings (SSSR count). The van der Waals surface area contributed by atoms with Crippen molar-refractivity contribution >= 4 is 12.2 Å². The lowest BCUT2D eigenvalue weighted by molar-refractivity contribution is 0.0502. The normalized spacial score (nSPS) is 15.4. The van der Waals surface area contributed by atoms with E-state index in [4.69, 9.17) is 14.2 Å². The molecular formula is C26H52N2O5. The van der Waals surface area contributed by atoms with Gasteiger partial charge < -0.3 is 24.8 Å². The van der Waals surface area contributed by atoms with E-state index < -0.39 is 12.2 Å². The van der Waals surface area contributed by atoms with Gasteiger partial charge in [-0.15, -0.1) is 0 Å². The summed E-state index contributed by atoms with van der Waals surface area (Å²) in [7, 11) is 1.54. The first-order chi connectivity index (χ1) is 15.0. The number of hydrogen-bond donors (Lipinski definition) is 2. The van der Waals surface area contributed by atoms with Crippen molar-refractivity contribution in [2.75, 3.05) is 33.4 Å². The van der Waals surface area contributed by atoms with E-state index in [9.17, 15) is 9.59 Å². The van der Waals surface area contributed by atoms with Crippen LogP contribution in [0.25, 0.3) is 0 Å². The lowest BCUT2D eigenvalue weighted by atomic mass is 9.72. The molecule has 0 heterocycles. The summed E-state index contributed by atoms with van der Waals surface area (Å²) in [6.07, 6.45) is 2.59. The molecule has 2 N–H and O–H groups in total. The van der Waals surface area contributed by atoms with Gasteiger partial charge in [-0.25, -0.2) is 9.59 Å². The van der Waals surface area contributed by atoms with E-state index in [0.717, 1.165) is 25.7 Å². The van der Waals surface area contributed by atoms with Gasteiger partial charge in [-0.1, -0.05) is 75.7 Å². The highest BCUT2D eigenvalue weighted by atomic mass is 16.6. The fourth-order valence-electron chi connectivity index (χ4n) is 4.28. The van der Waals surface area contributed by atoms with Gasteiger partial charge in [0.25, 0.3) is 0 Å². The molecule has 0 aromatic rings. The Balaban J connectivity index is 4.42. The molecule has 0 saturated carbocycles. The quantitative estimate of drug-likeness (QED) is 0.316. The molecule has 0 spiro atoms. The average molecular weight is 473 g/mol. The van der Waals surface area contributed by atoms with Crippen molar-refractivity contribution < 1.29 is 23.8 Å². The number of methoxy groups -OCH3 is 1. The van der Waals surface area contributed by atoms with Crippen LogP contribution in [-0.4, -0.2) is 51.7 Å². The van der Waals surface area contributed by atoms with Gasteiger partial charge in [0, 0.05) is 25.6 Å². The number of nitrogens with one attached hydrogen (secondary N) is 2. The summed E-state index contributed by atoms with van der Waals surface area (Å²) in [5.41, 5.74) is 0.185. The molecule has 0 saturated heterocycles. The van der Waals surface area contributed by atoms with Gasteiger partial charge in [0.15, 0.2) is 0 Å². The van der Waals surface area contributed by atoms with Gasteiger partial charge in [0.05, 0.1) is 19.3 Å². The topological polar surface area (TPSA) is 85.9 Å². The summed E-state index contributed by atoms with van der Waals surface area (Å²) in [5, 5.41) is 5.45. The average Bonchev–Trinajstić information content (AvgIpc) is 2.69. The second-order valence-corrected chi connectivity index (χ2v) is 12.5. The van der Waals surface area contributed by atoms with Crippen LogP contribution in [0.1, 0.15) is 94.9 Å². The number of hydrogen-bond acceptors (Lipinski definition) is 5. The molecule has 2 unspecified atom stereocenters. The summed E-state index contributed by atoms with van der Waals surface area (Å²) in [6.45, 7) is 22.8. The van der Waals surface area contributed by atoms with Gasteiger partial charge in [-0.2, -0.15) is 0 Å². The van der Waals surface area contributed by atoms with Crippen LogP contribution in [0.4, 0.5) is 9.59 Å². The molecule has 0 fully saturated rings. The van der Waals surface area contributed by atoms with Crippen LogP contribution in [-0.2, 0) is 14.2 Å². The molecule has 0 bridgehead atoms. The van der Waals surface area contributed by atoms with Gasteiger partial charge in [0.2, 0.25) is 0 Å². The van der Waals surface area contributed by atoms with Crippen LogP contribution >= 0.6 is 0 Å². The molecule has 0 radical (unpaired) electrons. The Morgan fingerprint density at radius 2 is 1.21 bits per heavy atom. The maximum atomic E-state index is 12.2. The van der Waals surface area contributed by atoms with E-state index >= 15 is 0 Å². The number of rotatable bonds is 14. The zero-order valence-electron chi connectivity index (χ0n) is 23.3. The first kappa shape index (κ1) is 31.5. The van der Waals surface area contributed by atoms with E-state index in [1.54, 1.807) is 0 Å². The molecule has 7 nitrogen and oxygen atoms in total. The lowest BCUT2D eigenvalue weighted by Gasteiger charge is -2.36. The molecule has 2 atom stereocenters. The highest BCUT2D eigenvalue weighted by Crippen LogP contribution is 2.38. The Morgan fingerprint density at radius 1 is 0.727 bits per heavy atom. The lowest BCUT2D eigenvalue weighted by Crippen LogP contribution is -2.42. The van der Waals surface area contributed by atoms with Crippen LogP contribution in [0.2, 0.25) is 0 Å². The van der Waals surface area contributed by atoms with Gasteiger partial charge in [0.1, 0.15) is 0 Å². The predicted molar refractivity (Wildman–Crippen MR) is 134 cm³/mol. The van der Waals surface area contributed by atoms with Crippen molar-refractivity contribution in [1.29, 1.82) is 0 Å². The number of carbonyl (C=O) groups excluding carboxylic acids is 2. The number of amides is 2. The van der Waals surface area contributed by atoms with Crippen molar-refractivity contribution in [3.05, 3.63) is 0 Å². The Labute approximate surface area is 203 Å². The second-order valence-electron chi connectivity index (χ2n) is 12.5. The second kappa shape index (κ2) is 13.4. The fourth-order valence-corrected chi connectivity index (χ4v) is 4.28. The minimum Gasteiger partial charge on any atom is -0.449 e. The van der Waals surface area contributed by atoms with Gasteiger partial charge in [-0.05, 0) is 35.5 Å². The molecular weight excluding hydrogens is 420 g/mol. The smallest absolute Gasteiger partial charge is 0.407 e. The minimum absolute atomic E-state index is 0.0659. The van der Waals surface area contributed by atoms with Crippen LogP contribution in [0.3, 0.4) is 0 Å². The highest BCUT2D eigenvalue weighted by molar-refractivity contribution is 5.68. The van der Waals surface area contributed by atoms with Crippen LogP contribution in [0, 0.1) is 21.7 Å². The first-order valence-corrected chi connectivity index (χ1v) is 12.3. The predicted octanol–water partition coefficient (Wildman–Crippen LogP) is 6.16. The summed E-state index contributed by atoms with van der Waals surface area (Å²) in [6, 6.07) is 0. The first-order valence-electron chi connectivity index (χ1n) is 12.3. The highest BCUT2D eigenvalue weighted by Gasteiger charge is 2.31. The molecule has 7 heteroatoms. The summed E-state index contributed by atoms with van der Waals surface area (Å²) in [5.74, 6) is 0. The van der Waals surface area contributed by atoms with Crippen molar-refractivity contribution in [3.8, 4) is 0 Å². The van der Waals surface area contributed by atoms with Crippen molar-refractivity contribution in [1.82, 2.24) is 10.6 Å². The Bertz CT molecular complexity index is 598. The fraction of sp³-hybridized carbons (Fsp3) is 0.923. The van der Waals surface area contributed by atoms with Crippen LogP contribution in [0.15, 0.2) is 0 Å². The van der Waals surface area contributed by atoms with Gasteiger partial charge >= 0.3 is 12.2 Å². The van der Waals surface area contributed by atoms with Gasteiger partial charge in [-0.3, -0.25) is 0 Å². The molecule has 0 aromatic carbocycles. The zero-order valence-corrected chi connectivity index (χ0v) is 23.3. The molecule has 33 heavy (non-hydrogen) atoms. The zero-order chi connectivity index (χ0) is 25.9. The maximum absolute atomic E-state index is 12.2. The van der Waals surface area contributed by atoms with Crippen molar-refractivity contribution in [2.45, 2.75) is 101 Å². The monoisotopic (exact) mass is 472 g/mol. The minimum atomic E-state index is -0.487.